The summed E-state index contributed by atoms with van der Waals surface area (Å²) in [6, 6.07) is 5.22. The zero-order valence-corrected chi connectivity index (χ0v) is 17.3. The highest BCUT2D eigenvalue weighted by molar-refractivity contribution is 7.90. The third-order valence-corrected chi connectivity index (χ3v) is 6.86. The third kappa shape index (κ3) is 4.83. The van der Waals surface area contributed by atoms with Gasteiger partial charge in [0.15, 0.2) is 16.4 Å². The first-order chi connectivity index (χ1) is 13.7. The second-order valence-corrected chi connectivity index (χ2v) is 9.82. The quantitative estimate of drug-likeness (QED) is 0.665. The summed E-state index contributed by atoms with van der Waals surface area (Å²) in [5.41, 5.74) is 6.84. The number of thiophene rings is 1. The maximum Gasteiger partial charge on any atom is 0.338 e. The number of fused-ring (bicyclic) bond motifs is 1. The molecule has 0 fully saturated rings. The van der Waals surface area contributed by atoms with E-state index in [-0.39, 0.29) is 10.5 Å². The van der Waals surface area contributed by atoms with Crippen LogP contribution in [0.2, 0.25) is 0 Å². The Bertz CT molecular complexity index is 1070. The molecule has 0 atom stereocenters. The van der Waals surface area contributed by atoms with Crippen molar-refractivity contribution in [1.29, 1.82) is 0 Å². The Balaban J connectivity index is 1.64. The molecule has 0 bridgehead atoms. The number of primary amides is 1. The minimum atomic E-state index is -3.37. The summed E-state index contributed by atoms with van der Waals surface area (Å²) < 4.78 is 27.9. The van der Waals surface area contributed by atoms with Gasteiger partial charge in [-0.15, -0.1) is 11.3 Å². The Morgan fingerprint density at radius 3 is 2.41 bits per heavy atom. The van der Waals surface area contributed by atoms with E-state index in [0.29, 0.717) is 10.6 Å². The first-order valence-corrected chi connectivity index (χ1v) is 11.6. The largest absolute Gasteiger partial charge is 0.452 e. The van der Waals surface area contributed by atoms with Crippen LogP contribution in [0.25, 0.3) is 0 Å². The predicted molar refractivity (Wildman–Crippen MR) is 108 cm³/mol. The standard InChI is InChI=1S/C19H20N2O6S2/c1-29(25,26)12-8-6-11(7-9-12)19(24)27-10-15(22)21-18-16(17(20)23)13-4-2-3-5-14(13)28-18/h6-9H,2-5,10H2,1H3,(H2,20,23)(H,21,22). The number of anilines is 1. The Labute approximate surface area is 172 Å². The van der Waals surface area contributed by atoms with E-state index in [0.717, 1.165) is 42.4 Å². The molecule has 29 heavy (non-hydrogen) atoms. The number of rotatable bonds is 6. The normalized spacial score (nSPS) is 13.4. The minimum Gasteiger partial charge on any atom is -0.452 e. The summed E-state index contributed by atoms with van der Waals surface area (Å²) in [7, 11) is -3.37. The van der Waals surface area contributed by atoms with E-state index in [1.54, 1.807) is 0 Å². The monoisotopic (exact) mass is 436 g/mol. The van der Waals surface area contributed by atoms with Crippen molar-refractivity contribution < 1.29 is 27.5 Å². The van der Waals surface area contributed by atoms with Crippen LogP contribution in [-0.4, -0.2) is 39.1 Å². The average molecular weight is 437 g/mol. The van der Waals surface area contributed by atoms with Crippen molar-refractivity contribution in [1.82, 2.24) is 0 Å². The second kappa shape index (κ2) is 8.34. The van der Waals surface area contributed by atoms with E-state index in [2.05, 4.69) is 5.32 Å². The van der Waals surface area contributed by atoms with Crippen molar-refractivity contribution in [3.63, 3.8) is 0 Å². The summed E-state index contributed by atoms with van der Waals surface area (Å²) in [4.78, 5) is 37.2. The number of benzene rings is 1. The first kappa shape index (κ1) is 21.0. The van der Waals surface area contributed by atoms with Crippen LogP contribution in [0, 0.1) is 0 Å². The molecule has 2 aromatic rings. The van der Waals surface area contributed by atoms with E-state index in [9.17, 15) is 22.8 Å². The van der Waals surface area contributed by atoms with Gasteiger partial charge in [0.1, 0.15) is 5.00 Å². The number of amides is 2. The van der Waals surface area contributed by atoms with E-state index in [1.165, 1.54) is 35.6 Å². The second-order valence-electron chi connectivity index (χ2n) is 6.70. The van der Waals surface area contributed by atoms with Crippen LogP contribution < -0.4 is 11.1 Å². The maximum atomic E-state index is 12.2. The fourth-order valence-corrected chi connectivity index (χ4v) is 5.07. The molecule has 3 N–H and O–H groups in total. The van der Waals surface area contributed by atoms with Crippen LogP contribution >= 0.6 is 11.3 Å². The van der Waals surface area contributed by atoms with Gasteiger partial charge in [-0.25, -0.2) is 13.2 Å². The van der Waals surface area contributed by atoms with E-state index in [4.69, 9.17) is 10.5 Å². The Hall–Kier alpha value is -2.72. The summed E-state index contributed by atoms with van der Waals surface area (Å²) in [6.07, 6.45) is 4.64. The van der Waals surface area contributed by atoms with Crippen LogP contribution in [0.4, 0.5) is 5.00 Å². The molecule has 1 aromatic heterocycles. The Morgan fingerprint density at radius 2 is 1.79 bits per heavy atom. The van der Waals surface area contributed by atoms with Crippen LogP contribution in [0.1, 0.15) is 44.0 Å². The van der Waals surface area contributed by atoms with Gasteiger partial charge in [-0.05, 0) is 55.5 Å². The summed E-state index contributed by atoms with van der Waals surface area (Å²) >= 11 is 1.32. The smallest absolute Gasteiger partial charge is 0.338 e. The molecule has 0 aliphatic heterocycles. The van der Waals surface area contributed by atoms with Gasteiger partial charge in [-0.2, -0.15) is 0 Å². The van der Waals surface area contributed by atoms with Gasteiger partial charge in [0.05, 0.1) is 16.0 Å². The number of carbonyl (C=O) groups is 3. The van der Waals surface area contributed by atoms with Crippen LogP contribution in [0.3, 0.4) is 0 Å². The number of hydrogen-bond acceptors (Lipinski definition) is 7. The zero-order chi connectivity index (χ0) is 21.2. The van der Waals surface area contributed by atoms with Crippen molar-refractivity contribution in [2.24, 2.45) is 5.73 Å². The van der Waals surface area contributed by atoms with Gasteiger partial charge in [0.25, 0.3) is 11.8 Å². The molecule has 0 radical (unpaired) electrons. The third-order valence-electron chi connectivity index (χ3n) is 4.52. The molecule has 2 amide bonds. The van der Waals surface area contributed by atoms with Crippen molar-refractivity contribution in [2.45, 2.75) is 30.6 Å². The fourth-order valence-electron chi connectivity index (χ4n) is 3.13. The molecule has 8 nitrogen and oxygen atoms in total. The molecule has 3 rings (SSSR count). The van der Waals surface area contributed by atoms with Crippen LogP contribution in [-0.2, 0) is 32.2 Å². The SMILES string of the molecule is CS(=O)(=O)c1ccc(C(=O)OCC(=O)Nc2sc3c(c2C(N)=O)CCCC3)cc1. The molecule has 0 spiro atoms. The molecule has 154 valence electrons. The maximum absolute atomic E-state index is 12.2. The lowest BCUT2D eigenvalue weighted by molar-refractivity contribution is -0.119. The van der Waals surface area contributed by atoms with Gasteiger partial charge in [-0.3, -0.25) is 9.59 Å². The highest BCUT2D eigenvalue weighted by Gasteiger charge is 2.25. The molecular weight excluding hydrogens is 416 g/mol. The Morgan fingerprint density at radius 1 is 1.14 bits per heavy atom. The molecule has 1 heterocycles. The van der Waals surface area contributed by atoms with Gasteiger partial charge in [-0.1, -0.05) is 0 Å². The number of aryl methyl sites for hydroxylation is 1. The topological polar surface area (TPSA) is 133 Å². The van der Waals surface area contributed by atoms with Crippen molar-refractivity contribution >= 4 is 44.0 Å². The molecule has 0 saturated heterocycles. The zero-order valence-electron chi connectivity index (χ0n) is 15.7. The molecule has 1 aliphatic rings. The van der Waals surface area contributed by atoms with Crippen molar-refractivity contribution in [3.8, 4) is 0 Å². The highest BCUT2D eigenvalue weighted by Crippen LogP contribution is 2.37. The van der Waals surface area contributed by atoms with Crippen LogP contribution in [0.15, 0.2) is 29.2 Å². The van der Waals surface area contributed by atoms with Crippen LogP contribution in [0.5, 0.6) is 0 Å². The molecule has 0 unspecified atom stereocenters. The lowest BCUT2D eigenvalue weighted by Gasteiger charge is -2.11. The first-order valence-electron chi connectivity index (χ1n) is 8.88. The molecule has 10 heteroatoms. The lowest BCUT2D eigenvalue weighted by atomic mass is 9.95. The fraction of sp³-hybridized carbons (Fsp3) is 0.316. The van der Waals surface area contributed by atoms with Gasteiger partial charge in [0.2, 0.25) is 0 Å². The molecule has 1 aromatic carbocycles. The van der Waals surface area contributed by atoms with Crippen molar-refractivity contribution in [3.05, 3.63) is 45.8 Å². The Kier molecular flexibility index (Phi) is 6.04. The van der Waals surface area contributed by atoms with Crippen molar-refractivity contribution in [2.75, 3.05) is 18.2 Å². The van der Waals surface area contributed by atoms with E-state index in [1.807, 2.05) is 0 Å². The lowest BCUT2D eigenvalue weighted by Crippen LogP contribution is -2.23. The number of nitrogens with two attached hydrogens (primary N) is 1. The summed E-state index contributed by atoms with van der Waals surface area (Å²) in [5.74, 6) is -1.95. The predicted octanol–water partition coefficient (Wildman–Crippen LogP) is 1.92. The number of nitrogens with one attached hydrogen (secondary N) is 1. The van der Waals surface area contributed by atoms with E-state index < -0.39 is 34.2 Å². The van der Waals surface area contributed by atoms with Gasteiger partial charge < -0.3 is 15.8 Å². The summed E-state index contributed by atoms with van der Waals surface area (Å²) in [6.45, 7) is -0.548. The number of esters is 1. The number of ether oxygens (including phenoxy) is 1. The average Bonchev–Trinajstić information content (AvgIpc) is 3.03. The number of hydrogen-bond donors (Lipinski definition) is 2. The minimum absolute atomic E-state index is 0.0763. The molecule has 1 aliphatic carbocycles. The molecule has 0 saturated carbocycles. The molecular formula is C19H20N2O6S2. The van der Waals surface area contributed by atoms with Gasteiger partial charge in [0, 0.05) is 11.1 Å². The number of carbonyl (C=O) groups excluding carboxylic acids is 3. The van der Waals surface area contributed by atoms with Gasteiger partial charge >= 0.3 is 5.97 Å². The summed E-state index contributed by atoms with van der Waals surface area (Å²) in [5, 5.41) is 2.98. The van der Waals surface area contributed by atoms with E-state index >= 15 is 0 Å². The highest BCUT2D eigenvalue weighted by atomic mass is 32.2. The number of sulfone groups is 1.